The van der Waals surface area contributed by atoms with E-state index in [4.69, 9.17) is 9.68 Å². The van der Waals surface area contributed by atoms with Crippen LogP contribution in [0.5, 0.6) is 0 Å². The number of benzene rings is 1. The maximum atomic E-state index is 8.41. The van der Waals surface area contributed by atoms with Gasteiger partial charge in [-0.25, -0.2) is 4.98 Å². The van der Waals surface area contributed by atoms with Crippen molar-refractivity contribution >= 4 is 16.8 Å². The molecular formula is C12H13N3O. The number of hydrogen-bond acceptors (Lipinski definition) is 4. The number of aryl methyl sites for hydroxylation is 1. The van der Waals surface area contributed by atoms with Crippen LogP contribution in [-0.4, -0.2) is 11.5 Å². The first-order valence-corrected chi connectivity index (χ1v) is 5.27. The van der Waals surface area contributed by atoms with Crippen molar-refractivity contribution in [2.75, 3.05) is 11.9 Å². The largest absolute Gasteiger partial charge is 0.441 e. The number of fused-ring (bicyclic) bond motifs is 1. The normalized spacial score (nSPS) is 10.2. The molecule has 0 radical (unpaired) electrons. The Morgan fingerprint density at radius 1 is 1.50 bits per heavy atom. The molecule has 0 fully saturated rings. The van der Waals surface area contributed by atoms with Crippen LogP contribution in [-0.2, 0) is 0 Å². The van der Waals surface area contributed by atoms with Gasteiger partial charge in [-0.2, -0.15) is 5.26 Å². The van der Waals surface area contributed by atoms with Crippen LogP contribution in [0.1, 0.15) is 18.7 Å². The molecule has 0 aliphatic heterocycles. The van der Waals surface area contributed by atoms with Gasteiger partial charge in [-0.05, 0) is 24.6 Å². The number of nitriles is 1. The Morgan fingerprint density at radius 2 is 2.38 bits per heavy atom. The Hall–Kier alpha value is -2.02. The van der Waals surface area contributed by atoms with E-state index in [-0.39, 0.29) is 0 Å². The molecule has 1 aromatic carbocycles. The summed E-state index contributed by atoms with van der Waals surface area (Å²) in [6.07, 6.45) is 1.44. The molecule has 2 rings (SSSR count). The summed E-state index contributed by atoms with van der Waals surface area (Å²) < 4.78 is 5.38. The Balaban J connectivity index is 2.05. The molecule has 0 aliphatic carbocycles. The minimum atomic E-state index is 0.582. The van der Waals surface area contributed by atoms with Crippen molar-refractivity contribution in [3.8, 4) is 6.07 Å². The van der Waals surface area contributed by atoms with E-state index in [1.807, 2.05) is 25.1 Å². The maximum absolute atomic E-state index is 8.41. The summed E-state index contributed by atoms with van der Waals surface area (Å²) in [6, 6.07) is 7.94. The van der Waals surface area contributed by atoms with Crippen molar-refractivity contribution in [1.29, 1.82) is 5.26 Å². The maximum Gasteiger partial charge on any atom is 0.192 e. The number of nitrogens with one attached hydrogen (secondary N) is 1. The summed E-state index contributed by atoms with van der Waals surface area (Å²) in [4.78, 5) is 4.26. The van der Waals surface area contributed by atoms with E-state index in [0.717, 1.165) is 29.8 Å². The molecule has 0 atom stereocenters. The van der Waals surface area contributed by atoms with Gasteiger partial charge in [-0.15, -0.1) is 0 Å². The summed E-state index contributed by atoms with van der Waals surface area (Å²) in [5.74, 6) is 0.677. The molecule has 0 amide bonds. The van der Waals surface area contributed by atoms with Gasteiger partial charge in [-0.1, -0.05) is 0 Å². The fourth-order valence-corrected chi connectivity index (χ4v) is 1.55. The zero-order valence-corrected chi connectivity index (χ0v) is 9.16. The zero-order valence-electron chi connectivity index (χ0n) is 9.16. The van der Waals surface area contributed by atoms with Gasteiger partial charge in [0, 0.05) is 25.6 Å². The van der Waals surface area contributed by atoms with E-state index in [1.54, 1.807) is 0 Å². The van der Waals surface area contributed by atoms with Gasteiger partial charge in [0.1, 0.15) is 5.52 Å². The average Bonchev–Trinajstić information content (AvgIpc) is 2.64. The van der Waals surface area contributed by atoms with Gasteiger partial charge in [-0.3, -0.25) is 0 Å². The van der Waals surface area contributed by atoms with Gasteiger partial charge < -0.3 is 9.73 Å². The second-order valence-electron chi connectivity index (χ2n) is 3.60. The Kier molecular flexibility index (Phi) is 3.06. The standard InChI is InChI=1S/C12H13N3O/c1-9-15-11-8-10(4-5-12(11)16-9)14-7-3-2-6-13/h4-5,8,14H,2-3,7H2,1H3. The van der Waals surface area contributed by atoms with Crippen LogP contribution in [0.25, 0.3) is 11.1 Å². The highest BCUT2D eigenvalue weighted by Gasteiger charge is 2.02. The van der Waals surface area contributed by atoms with E-state index in [9.17, 15) is 0 Å². The lowest BCUT2D eigenvalue weighted by molar-refractivity contribution is 0.561. The molecular weight excluding hydrogens is 202 g/mol. The van der Waals surface area contributed by atoms with Crippen LogP contribution in [0.2, 0.25) is 0 Å². The Labute approximate surface area is 93.9 Å². The van der Waals surface area contributed by atoms with E-state index < -0.39 is 0 Å². The second kappa shape index (κ2) is 4.67. The van der Waals surface area contributed by atoms with E-state index >= 15 is 0 Å². The zero-order chi connectivity index (χ0) is 11.4. The van der Waals surface area contributed by atoms with Gasteiger partial charge >= 0.3 is 0 Å². The van der Waals surface area contributed by atoms with Crippen LogP contribution >= 0.6 is 0 Å². The lowest BCUT2D eigenvalue weighted by Crippen LogP contribution is -2.00. The lowest BCUT2D eigenvalue weighted by atomic mass is 10.2. The van der Waals surface area contributed by atoms with Crippen LogP contribution in [0.15, 0.2) is 22.6 Å². The number of anilines is 1. The fourth-order valence-electron chi connectivity index (χ4n) is 1.55. The highest BCUT2D eigenvalue weighted by atomic mass is 16.3. The van der Waals surface area contributed by atoms with Crippen LogP contribution in [0.3, 0.4) is 0 Å². The van der Waals surface area contributed by atoms with Crippen molar-refractivity contribution in [2.45, 2.75) is 19.8 Å². The molecule has 4 heteroatoms. The third-order valence-electron chi connectivity index (χ3n) is 2.29. The first-order valence-electron chi connectivity index (χ1n) is 5.27. The number of nitrogens with zero attached hydrogens (tertiary/aromatic N) is 2. The van der Waals surface area contributed by atoms with Crippen molar-refractivity contribution in [1.82, 2.24) is 4.98 Å². The lowest BCUT2D eigenvalue weighted by Gasteiger charge is -2.03. The molecule has 2 aromatic rings. The highest BCUT2D eigenvalue weighted by molar-refractivity contribution is 5.77. The molecule has 16 heavy (non-hydrogen) atoms. The van der Waals surface area contributed by atoms with Gasteiger partial charge in [0.25, 0.3) is 0 Å². The minimum absolute atomic E-state index is 0.582. The third kappa shape index (κ3) is 2.31. The summed E-state index contributed by atoms with van der Waals surface area (Å²) in [5.41, 5.74) is 2.68. The van der Waals surface area contributed by atoms with Gasteiger partial charge in [0.05, 0.1) is 6.07 Å². The smallest absolute Gasteiger partial charge is 0.192 e. The van der Waals surface area contributed by atoms with E-state index in [0.29, 0.717) is 12.3 Å². The third-order valence-corrected chi connectivity index (χ3v) is 2.29. The number of unbranched alkanes of at least 4 members (excludes halogenated alkanes) is 1. The number of oxazole rings is 1. The summed E-state index contributed by atoms with van der Waals surface area (Å²) in [6.45, 7) is 2.63. The van der Waals surface area contributed by atoms with Crippen molar-refractivity contribution < 1.29 is 4.42 Å². The average molecular weight is 215 g/mol. The number of aromatic nitrogens is 1. The Bertz CT molecular complexity index is 525. The molecule has 1 aromatic heterocycles. The number of rotatable bonds is 4. The topological polar surface area (TPSA) is 61.9 Å². The van der Waals surface area contributed by atoms with Gasteiger partial charge in [0.15, 0.2) is 11.5 Å². The summed E-state index contributed by atoms with van der Waals surface area (Å²) in [7, 11) is 0. The van der Waals surface area contributed by atoms with Crippen LogP contribution < -0.4 is 5.32 Å². The Morgan fingerprint density at radius 3 is 3.19 bits per heavy atom. The quantitative estimate of drug-likeness (QED) is 0.796. The molecule has 0 unspecified atom stereocenters. The monoisotopic (exact) mass is 215 g/mol. The minimum Gasteiger partial charge on any atom is -0.441 e. The molecule has 0 saturated heterocycles. The number of hydrogen-bond donors (Lipinski definition) is 1. The summed E-state index contributed by atoms with van der Waals surface area (Å²) in [5, 5.41) is 11.7. The molecule has 0 spiro atoms. The molecule has 0 bridgehead atoms. The van der Waals surface area contributed by atoms with Crippen molar-refractivity contribution in [3.05, 3.63) is 24.1 Å². The summed E-state index contributed by atoms with van der Waals surface area (Å²) >= 11 is 0. The van der Waals surface area contributed by atoms with Crippen molar-refractivity contribution in [3.63, 3.8) is 0 Å². The van der Waals surface area contributed by atoms with Crippen LogP contribution in [0, 0.1) is 18.3 Å². The fraction of sp³-hybridized carbons (Fsp3) is 0.333. The molecule has 0 aliphatic rings. The van der Waals surface area contributed by atoms with E-state index in [2.05, 4.69) is 16.4 Å². The predicted molar refractivity (Wildman–Crippen MR) is 62.1 cm³/mol. The highest BCUT2D eigenvalue weighted by Crippen LogP contribution is 2.19. The molecule has 1 heterocycles. The first-order chi connectivity index (χ1) is 7.79. The molecule has 82 valence electrons. The SMILES string of the molecule is Cc1nc2cc(NCCCC#N)ccc2o1. The second-order valence-corrected chi connectivity index (χ2v) is 3.60. The molecule has 0 saturated carbocycles. The van der Waals surface area contributed by atoms with E-state index in [1.165, 1.54) is 0 Å². The predicted octanol–water partition coefficient (Wildman–Crippen LogP) is 2.85. The first kappa shape index (κ1) is 10.5. The van der Waals surface area contributed by atoms with Crippen molar-refractivity contribution in [2.24, 2.45) is 0 Å². The van der Waals surface area contributed by atoms with Crippen LogP contribution in [0.4, 0.5) is 5.69 Å². The van der Waals surface area contributed by atoms with Gasteiger partial charge in [0.2, 0.25) is 0 Å². The molecule has 4 nitrogen and oxygen atoms in total. The molecule has 1 N–H and O–H groups in total.